The van der Waals surface area contributed by atoms with Gasteiger partial charge in [0.15, 0.2) is 0 Å². The van der Waals surface area contributed by atoms with Gasteiger partial charge < -0.3 is 9.57 Å². The molecule has 1 saturated heterocycles. The van der Waals surface area contributed by atoms with Crippen LogP contribution in [-0.4, -0.2) is 30.7 Å². The van der Waals surface area contributed by atoms with Crippen molar-refractivity contribution in [2.24, 2.45) is 11.1 Å². The van der Waals surface area contributed by atoms with E-state index in [1.807, 2.05) is 24.3 Å². The minimum absolute atomic E-state index is 0.362. The third-order valence-corrected chi connectivity index (χ3v) is 4.81. The third-order valence-electron chi connectivity index (χ3n) is 4.28. The minimum atomic E-state index is -0.934. The molecule has 2 aliphatic rings. The van der Waals surface area contributed by atoms with Crippen molar-refractivity contribution in [3.63, 3.8) is 0 Å². The number of benzene rings is 2. The van der Waals surface area contributed by atoms with Crippen LogP contribution in [-0.2, 0) is 14.4 Å². The molecule has 0 spiro atoms. The third kappa shape index (κ3) is 2.42. The van der Waals surface area contributed by atoms with Crippen LogP contribution in [0.4, 0.5) is 5.69 Å². The molecular weight excluding hydrogens is 388 g/mol. The molecule has 25 heavy (non-hydrogen) atoms. The van der Waals surface area contributed by atoms with Gasteiger partial charge in [0.2, 0.25) is 12.0 Å². The van der Waals surface area contributed by atoms with Gasteiger partial charge in [0.25, 0.3) is 5.91 Å². The Bertz CT molecular complexity index is 894. The molecule has 4 rings (SSSR count). The topological polar surface area (TPSA) is 68.2 Å². The van der Waals surface area contributed by atoms with E-state index in [4.69, 9.17) is 9.57 Å². The average Bonchev–Trinajstić information content (AvgIpc) is 3.16. The zero-order valence-electron chi connectivity index (χ0n) is 13.2. The number of rotatable bonds is 3. The number of carbonyl (C=O) groups is 2. The number of amides is 2. The summed E-state index contributed by atoms with van der Waals surface area (Å²) in [4.78, 5) is 32.2. The van der Waals surface area contributed by atoms with E-state index < -0.39 is 17.9 Å². The van der Waals surface area contributed by atoms with E-state index >= 15 is 0 Å². The number of methoxy groups -OCH3 is 1. The first-order valence-electron chi connectivity index (χ1n) is 7.62. The summed E-state index contributed by atoms with van der Waals surface area (Å²) in [6, 6.07) is 14.3. The van der Waals surface area contributed by atoms with Crippen LogP contribution in [0.1, 0.15) is 5.56 Å². The highest BCUT2D eigenvalue weighted by atomic mass is 79.9. The predicted octanol–water partition coefficient (Wildman–Crippen LogP) is 2.75. The average molecular weight is 401 g/mol. The maximum atomic E-state index is 13.0. The fraction of sp³-hybridized carbons (Fsp3) is 0.167. The molecule has 0 aromatic heterocycles. The number of oxime groups is 1. The highest BCUT2D eigenvalue weighted by Gasteiger charge is 2.56. The summed E-state index contributed by atoms with van der Waals surface area (Å²) in [7, 11) is 1.50. The Morgan fingerprint density at radius 1 is 1.08 bits per heavy atom. The Hall–Kier alpha value is -2.67. The number of halogens is 1. The van der Waals surface area contributed by atoms with E-state index in [9.17, 15) is 9.59 Å². The number of hydrogen-bond acceptors (Lipinski definition) is 5. The largest absolute Gasteiger partial charge is 0.495 e. The smallest absolute Gasteiger partial charge is 0.279 e. The number of para-hydroxylation sites is 2. The molecule has 6 nitrogen and oxygen atoms in total. The van der Waals surface area contributed by atoms with Crippen molar-refractivity contribution < 1.29 is 19.2 Å². The number of ether oxygens (including phenoxy) is 1. The van der Waals surface area contributed by atoms with Crippen LogP contribution < -0.4 is 9.64 Å². The van der Waals surface area contributed by atoms with Gasteiger partial charge in [0, 0.05) is 10.0 Å². The zero-order valence-corrected chi connectivity index (χ0v) is 14.8. The van der Waals surface area contributed by atoms with Gasteiger partial charge in [-0.15, -0.1) is 0 Å². The molecule has 2 atom stereocenters. The van der Waals surface area contributed by atoms with Gasteiger partial charge in [-0.1, -0.05) is 45.4 Å². The molecule has 2 aromatic carbocycles. The second kappa shape index (κ2) is 6.00. The fourth-order valence-corrected chi connectivity index (χ4v) is 3.35. The van der Waals surface area contributed by atoms with Gasteiger partial charge in [0.05, 0.1) is 12.8 Å². The minimum Gasteiger partial charge on any atom is -0.495 e. The van der Waals surface area contributed by atoms with Crippen molar-refractivity contribution in [2.45, 2.75) is 6.10 Å². The molecule has 1 fully saturated rings. The van der Waals surface area contributed by atoms with Crippen LogP contribution in [0.2, 0.25) is 0 Å². The van der Waals surface area contributed by atoms with E-state index in [-0.39, 0.29) is 5.91 Å². The molecule has 2 aromatic rings. The van der Waals surface area contributed by atoms with E-state index in [0.29, 0.717) is 17.1 Å². The Balaban J connectivity index is 1.72. The lowest BCUT2D eigenvalue weighted by Crippen LogP contribution is -2.33. The second-order valence-electron chi connectivity index (χ2n) is 5.67. The Kier molecular flexibility index (Phi) is 3.80. The van der Waals surface area contributed by atoms with Crippen molar-refractivity contribution in [1.29, 1.82) is 0 Å². The maximum absolute atomic E-state index is 13.0. The van der Waals surface area contributed by atoms with E-state index in [2.05, 4.69) is 21.1 Å². The van der Waals surface area contributed by atoms with Crippen molar-refractivity contribution in [3.8, 4) is 5.75 Å². The Morgan fingerprint density at radius 2 is 1.80 bits per heavy atom. The first-order valence-corrected chi connectivity index (χ1v) is 8.41. The molecule has 0 N–H and O–H groups in total. The van der Waals surface area contributed by atoms with Crippen LogP contribution in [0.15, 0.2) is 58.2 Å². The monoisotopic (exact) mass is 400 g/mol. The molecule has 0 bridgehead atoms. The summed E-state index contributed by atoms with van der Waals surface area (Å²) >= 11 is 3.37. The molecule has 2 aliphatic heterocycles. The summed E-state index contributed by atoms with van der Waals surface area (Å²) in [5.74, 6) is -1.10. The molecular formula is C18H13BrN2O4. The summed E-state index contributed by atoms with van der Waals surface area (Å²) in [6.07, 6.45) is -0.934. The first kappa shape index (κ1) is 15.8. The van der Waals surface area contributed by atoms with Crippen molar-refractivity contribution >= 4 is 39.1 Å². The number of imide groups is 1. The molecule has 7 heteroatoms. The zero-order chi connectivity index (χ0) is 17.6. The molecule has 126 valence electrons. The number of anilines is 1. The Morgan fingerprint density at radius 3 is 2.52 bits per heavy atom. The first-order chi connectivity index (χ1) is 12.1. The van der Waals surface area contributed by atoms with Crippen LogP contribution in [0.3, 0.4) is 0 Å². The second-order valence-corrected chi connectivity index (χ2v) is 6.59. The molecule has 0 unspecified atom stereocenters. The normalized spacial score (nSPS) is 21.8. The molecule has 2 amide bonds. The lowest BCUT2D eigenvalue weighted by atomic mass is 9.94. The highest BCUT2D eigenvalue weighted by Crippen LogP contribution is 2.38. The number of hydrogen-bond donors (Lipinski definition) is 0. The van der Waals surface area contributed by atoms with Crippen LogP contribution in [0.25, 0.3) is 0 Å². The maximum Gasteiger partial charge on any atom is 0.279 e. The molecule has 2 heterocycles. The van der Waals surface area contributed by atoms with Gasteiger partial charge in [-0.2, -0.15) is 0 Å². The van der Waals surface area contributed by atoms with Crippen molar-refractivity contribution in [1.82, 2.24) is 0 Å². The van der Waals surface area contributed by atoms with Gasteiger partial charge in [-0.3, -0.25) is 9.59 Å². The standard InChI is InChI=1S/C18H13BrN2O4/c1-24-13-5-3-2-4-12(13)21-17(22)14-15(20-25-16(14)18(21)23)10-6-8-11(19)9-7-10/h2-9,14,16H,1H3/t14-,16+/m1/s1. The van der Waals surface area contributed by atoms with E-state index in [1.54, 1.807) is 24.3 Å². The predicted molar refractivity (Wildman–Crippen MR) is 94.5 cm³/mol. The van der Waals surface area contributed by atoms with E-state index in [1.165, 1.54) is 7.11 Å². The van der Waals surface area contributed by atoms with Crippen LogP contribution >= 0.6 is 15.9 Å². The van der Waals surface area contributed by atoms with Gasteiger partial charge >= 0.3 is 0 Å². The lowest BCUT2D eigenvalue weighted by molar-refractivity contribution is -0.126. The summed E-state index contributed by atoms with van der Waals surface area (Å²) in [5, 5.41) is 3.99. The number of fused-ring (bicyclic) bond motifs is 1. The molecule has 0 radical (unpaired) electrons. The van der Waals surface area contributed by atoms with Gasteiger partial charge in [-0.25, -0.2) is 4.90 Å². The van der Waals surface area contributed by atoms with Gasteiger partial charge in [0.1, 0.15) is 17.4 Å². The summed E-state index contributed by atoms with van der Waals surface area (Å²) in [5.41, 5.74) is 1.63. The fourth-order valence-electron chi connectivity index (χ4n) is 3.09. The summed E-state index contributed by atoms with van der Waals surface area (Å²) in [6.45, 7) is 0. The highest BCUT2D eigenvalue weighted by molar-refractivity contribution is 9.10. The number of carbonyl (C=O) groups excluding carboxylic acids is 2. The Labute approximate surface area is 152 Å². The molecule has 0 aliphatic carbocycles. The summed E-state index contributed by atoms with van der Waals surface area (Å²) < 4.78 is 6.19. The van der Waals surface area contributed by atoms with Gasteiger partial charge in [-0.05, 0) is 24.3 Å². The quantitative estimate of drug-likeness (QED) is 0.742. The van der Waals surface area contributed by atoms with Crippen LogP contribution in [0, 0.1) is 5.92 Å². The lowest BCUT2D eigenvalue weighted by Gasteiger charge is -2.18. The number of nitrogens with zero attached hydrogens (tertiary/aromatic N) is 2. The SMILES string of the molecule is COc1ccccc1N1C(=O)[C@@H]2C(c3ccc(Br)cc3)=NO[C@@H]2C1=O. The van der Waals surface area contributed by atoms with E-state index in [0.717, 1.165) is 14.9 Å². The van der Waals surface area contributed by atoms with Crippen molar-refractivity contribution in [2.75, 3.05) is 12.0 Å². The molecule has 0 saturated carbocycles. The van der Waals surface area contributed by atoms with Crippen LogP contribution in [0.5, 0.6) is 5.75 Å². The van der Waals surface area contributed by atoms with Crippen molar-refractivity contribution in [3.05, 3.63) is 58.6 Å².